The molecule has 1 amide bonds. The van der Waals surface area contributed by atoms with Gasteiger partial charge in [0, 0.05) is 26.2 Å². The van der Waals surface area contributed by atoms with Crippen LogP contribution in [0.25, 0.3) is 0 Å². The summed E-state index contributed by atoms with van der Waals surface area (Å²) in [7, 11) is 1.82. The first kappa shape index (κ1) is 8.49. The molecule has 4 heteroatoms. The Morgan fingerprint density at radius 2 is 2.45 bits per heavy atom. The van der Waals surface area contributed by atoms with Crippen LogP contribution in [0.1, 0.15) is 6.92 Å². The molecule has 1 rings (SSSR count). The van der Waals surface area contributed by atoms with E-state index in [0.717, 1.165) is 6.54 Å². The topological polar surface area (TPSA) is 58.4 Å². The number of nitrogens with zero attached hydrogens (tertiary/aromatic N) is 1. The van der Waals surface area contributed by atoms with Crippen molar-refractivity contribution >= 4 is 5.91 Å². The number of piperazine rings is 1. The zero-order valence-corrected chi connectivity index (χ0v) is 7.00. The maximum Gasteiger partial charge on any atom is 0.241 e. The van der Waals surface area contributed by atoms with Crippen LogP contribution >= 0.6 is 0 Å². The third kappa shape index (κ3) is 1.52. The molecule has 0 aromatic heterocycles. The molecule has 3 N–H and O–H groups in total. The van der Waals surface area contributed by atoms with Gasteiger partial charge in [-0.1, -0.05) is 0 Å². The molecule has 0 bridgehead atoms. The van der Waals surface area contributed by atoms with Gasteiger partial charge >= 0.3 is 0 Å². The van der Waals surface area contributed by atoms with Crippen molar-refractivity contribution in [3.63, 3.8) is 0 Å². The van der Waals surface area contributed by atoms with E-state index in [-0.39, 0.29) is 18.0 Å². The lowest BCUT2D eigenvalue weighted by molar-refractivity contribution is -0.136. The lowest BCUT2D eigenvalue weighted by atomic mass is 10.1. The van der Waals surface area contributed by atoms with E-state index >= 15 is 0 Å². The highest BCUT2D eigenvalue weighted by Crippen LogP contribution is 2.03. The predicted molar refractivity (Wildman–Crippen MR) is 43.1 cm³/mol. The minimum absolute atomic E-state index is 0.103. The molecule has 0 spiro atoms. The Morgan fingerprint density at radius 3 is 3.00 bits per heavy atom. The largest absolute Gasteiger partial charge is 0.340 e. The standard InChI is InChI=1S/C7H15N3O/c1-5-4-9-6(3-8)7(11)10(5)2/h5-6,9H,3-4,8H2,1-2H3. The van der Waals surface area contributed by atoms with Crippen molar-refractivity contribution in [2.75, 3.05) is 20.1 Å². The lowest BCUT2D eigenvalue weighted by Crippen LogP contribution is -2.60. The highest BCUT2D eigenvalue weighted by Gasteiger charge is 2.28. The monoisotopic (exact) mass is 157 g/mol. The Labute approximate surface area is 66.7 Å². The van der Waals surface area contributed by atoms with Crippen LogP contribution in [0.5, 0.6) is 0 Å². The van der Waals surface area contributed by atoms with Gasteiger partial charge in [0.2, 0.25) is 5.91 Å². The van der Waals surface area contributed by atoms with Crippen LogP contribution in [0.3, 0.4) is 0 Å². The minimum Gasteiger partial charge on any atom is -0.340 e. The first-order valence-electron chi connectivity index (χ1n) is 3.87. The molecule has 0 radical (unpaired) electrons. The van der Waals surface area contributed by atoms with Gasteiger partial charge in [-0.3, -0.25) is 4.79 Å². The van der Waals surface area contributed by atoms with Crippen molar-refractivity contribution in [1.82, 2.24) is 10.2 Å². The number of hydrogen-bond acceptors (Lipinski definition) is 3. The molecule has 1 heterocycles. The molecule has 0 saturated carbocycles. The van der Waals surface area contributed by atoms with Crippen molar-refractivity contribution in [3.05, 3.63) is 0 Å². The molecule has 4 nitrogen and oxygen atoms in total. The van der Waals surface area contributed by atoms with Crippen LogP contribution in [0.4, 0.5) is 0 Å². The number of carbonyl (C=O) groups excluding carboxylic acids is 1. The van der Waals surface area contributed by atoms with Crippen molar-refractivity contribution in [2.24, 2.45) is 5.73 Å². The normalized spacial score (nSPS) is 32.6. The average Bonchev–Trinajstić information content (AvgIpc) is 2.01. The molecule has 1 fully saturated rings. The summed E-state index contributed by atoms with van der Waals surface area (Å²) in [5.74, 6) is 0.103. The Kier molecular flexibility index (Phi) is 2.46. The van der Waals surface area contributed by atoms with Crippen LogP contribution in [0, 0.1) is 0 Å². The zero-order chi connectivity index (χ0) is 8.43. The Bertz CT molecular complexity index is 156. The summed E-state index contributed by atoms with van der Waals surface area (Å²) in [6.07, 6.45) is 0. The maximum absolute atomic E-state index is 11.4. The van der Waals surface area contributed by atoms with Gasteiger partial charge in [0.25, 0.3) is 0 Å². The second-order valence-electron chi connectivity index (χ2n) is 2.99. The van der Waals surface area contributed by atoms with Crippen molar-refractivity contribution in [3.8, 4) is 0 Å². The van der Waals surface area contributed by atoms with Crippen LogP contribution in [-0.4, -0.2) is 43.0 Å². The summed E-state index contributed by atoms with van der Waals surface area (Å²) in [5, 5.41) is 3.08. The van der Waals surface area contributed by atoms with Gasteiger partial charge in [-0.05, 0) is 6.92 Å². The SMILES string of the molecule is CC1CNC(CN)C(=O)N1C. The molecular weight excluding hydrogens is 142 g/mol. The van der Waals surface area contributed by atoms with E-state index in [9.17, 15) is 4.79 Å². The second-order valence-corrected chi connectivity index (χ2v) is 2.99. The Morgan fingerprint density at radius 1 is 1.82 bits per heavy atom. The van der Waals surface area contributed by atoms with Gasteiger partial charge in [0.1, 0.15) is 0 Å². The van der Waals surface area contributed by atoms with Crippen LogP contribution < -0.4 is 11.1 Å². The summed E-state index contributed by atoms with van der Waals surface area (Å²) in [6, 6.07) is 0.112. The fraction of sp³-hybridized carbons (Fsp3) is 0.857. The number of rotatable bonds is 1. The molecule has 11 heavy (non-hydrogen) atoms. The van der Waals surface area contributed by atoms with Gasteiger partial charge in [-0.25, -0.2) is 0 Å². The van der Waals surface area contributed by atoms with E-state index in [1.807, 2.05) is 14.0 Å². The van der Waals surface area contributed by atoms with Gasteiger partial charge in [-0.2, -0.15) is 0 Å². The number of nitrogens with one attached hydrogen (secondary N) is 1. The number of nitrogens with two attached hydrogens (primary N) is 1. The summed E-state index contributed by atoms with van der Waals surface area (Å²) in [6.45, 7) is 3.23. The van der Waals surface area contributed by atoms with E-state index < -0.39 is 0 Å². The number of likely N-dealkylation sites (N-methyl/N-ethyl adjacent to an activating group) is 1. The van der Waals surface area contributed by atoms with E-state index in [4.69, 9.17) is 5.73 Å². The van der Waals surface area contributed by atoms with Gasteiger partial charge in [-0.15, -0.1) is 0 Å². The van der Waals surface area contributed by atoms with E-state index in [2.05, 4.69) is 5.32 Å². The molecule has 1 aliphatic heterocycles. The van der Waals surface area contributed by atoms with Crippen molar-refractivity contribution in [2.45, 2.75) is 19.0 Å². The predicted octanol–water partition coefficient (Wildman–Crippen LogP) is -1.24. The fourth-order valence-corrected chi connectivity index (χ4v) is 1.18. The smallest absolute Gasteiger partial charge is 0.241 e. The highest BCUT2D eigenvalue weighted by molar-refractivity contribution is 5.83. The highest BCUT2D eigenvalue weighted by atomic mass is 16.2. The molecule has 2 atom stereocenters. The molecular formula is C7H15N3O. The molecule has 64 valence electrons. The zero-order valence-electron chi connectivity index (χ0n) is 7.00. The van der Waals surface area contributed by atoms with Gasteiger partial charge in [0.15, 0.2) is 0 Å². The number of hydrogen-bond donors (Lipinski definition) is 2. The third-order valence-corrected chi connectivity index (χ3v) is 2.20. The fourth-order valence-electron chi connectivity index (χ4n) is 1.18. The first-order chi connectivity index (χ1) is 5.16. The lowest BCUT2D eigenvalue weighted by Gasteiger charge is -2.35. The van der Waals surface area contributed by atoms with Crippen molar-refractivity contribution in [1.29, 1.82) is 0 Å². The summed E-state index contributed by atoms with van der Waals surface area (Å²) >= 11 is 0. The van der Waals surface area contributed by atoms with Crippen LogP contribution in [0.2, 0.25) is 0 Å². The molecule has 1 aliphatic rings. The van der Waals surface area contributed by atoms with Gasteiger partial charge in [0.05, 0.1) is 6.04 Å². The molecule has 2 unspecified atom stereocenters. The first-order valence-corrected chi connectivity index (χ1v) is 3.87. The molecule has 0 aromatic carbocycles. The second kappa shape index (κ2) is 3.19. The molecule has 0 aliphatic carbocycles. The van der Waals surface area contributed by atoms with E-state index in [1.54, 1.807) is 4.90 Å². The van der Waals surface area contributed by atoms with Gasteiger partial charge < -0.3 is 16.0 Å². The summed E-state index contributed by atoms with van der Waals surface area (Å²) in [4.78, 5) is 13.1. The van der Waals surface area contributed by atoms with E-state index in [0.29, 0.717) is 6.54 Å². The van der Waals surface area contributed by atoms with Crippen molar-refractivity contribution < 1.29 is 4.79 Å². The number of amides is 1. The Balaban J connectivity index is 2.59. The van der Waals surface area contributed by atoms with Crippen LogP contribution in [0.15, 0.2) is 0 Å². The quantitative estimate of drug-likeness (QED) is 0.501. The molecule has 0 aromatic rings. The number of carbonyl (C=O) groups is 1. The summed E-state index contributed by atoms with van der Waals surface area (Å²) in [5.41, 5.74) is 5.39. The minimum atomic E-state index is -0.170. The maximum atomic E-state index is 11.4. The average molecular weight is 157 g/mol. The molecule has 1 saturated heterocycles. The third-order valence-electron chi connectivity index (χ3n) is 2.20. The van der Waals surface area contributed by atoms with Crippen LogP contribution in [-0.2, 0) is 4.79 Å². The summed E-state index contributed by atoms with van der Waals surface area (Å²) < 4.78 is 0. The van der Waals surface area contributed by atoms with E-state index in [1.165, 1.54) is 0 Å². The Hall–Kier alpha value is -0.610.